The predicted octanol–water partition coefficient (Wildman–Crippen LogP) is 1.64. The molecule has 1 amide bonds. The maximum Gasteiger partial charge on any atom is 0.239 e. The van der Waals surface area contributed by atoms with Gasteiger partial charge in [0.15, 0.2) is 5.96 Å². The highest BCUT2D eigenvalue weighted by Crippen LogP contribution is 2.17. The number of aliphatic imine (C=N–C) groups is 1. The Morgan fingerprint density at radius 3 is 2.32 bits per heavy atom. The monoisotopic (exact) mass is 343 g/mol. The van der Waals surface area contributed by atoms with Gasteiger partial charge in [-0.1, -0.05) is 24.3 Å². The Morgan fingerprint density at radius 1 is 1.12 bits per heavy atom. The normalized spacial score (nSPS) is 14.6. The number of benzene rings is 1. The Morgan fingerprint density at radius 2 is 1.76 bits per heavy atom. The third-order valence-corrected chi connectivity index (χ3v) is 3.73. The van der Waals surface area contributed by atoms with Gasteiger partial charge in [-0.2, -0.15) is 0 Å². The van der Waals surface area contributed by atoms with Crippen molar-refractivity contribution in [3.63, 3.8) is 0 Å². The second-order valence-corrected chi connectivity index (χ2v) is 7.12. The number of hydrogen-bond donors (Lipinski definition) is 3. The molecule has 0 radical (unpaired) electrons. The topological polar surface area (TPSA) is 68.8 Å². The number of rotatable bonds is 5. The zero-order chi connectivity index (χ0) is 18.3. The molecule has 6 heteroatoms. The molecule has 25 heavy (non-hydrogen) atoms. The molecule has 2 rings (SSSR count). The fourth-order valence-electron chi connectivity index (χ4n) is 2.55. The van der Waals surface area contributed by atoms with Crippen LogP contribution in [0.5, 0.6) is 0 Å². The summed E-state index contributed by atoms with van der Waals surface area (Å²) >= 11 is 0. The molecule has 1 aromatic rings. The van der Waals surface area contributed by atoms with Crippen LogP contribution in [-0.2, 0) is 11.3 Å². The summed E-state index contributed by atoms with van der Waals surface area (Å²) in [6.45, 7) is 8.67. The van der Waals surface area contributed by atoms with Crippen molar-refractivity contribution in [2.75, 3.05) is 31.6 Å². The van der Waals surface area contributed by atoms with Gasteiger partial charge in [0, 0.05) is 37.9 Å². The standard InChI is InChI=1S/C19H29N5O/c1-19(2,3)23-17(25)14-22-18(20-4)21-13-15-7-9-16(10-8-15)24-11-5-6-12-24/h5-10H,11-14H2,1-4H3,(H,23,25)(H2,20,21,22). The molecule has 0 saturated carbocycles. The van der Waals surface area contributed by atoms with Gasteiger partial charge in [-0.25, -0.2) is 0 Å². The molecule has 0 aliphatic carbocycles. The van der Waals surface area contributed by atoms with Gasteiger partial charge in [0.25, 0.3) is 0 Å². The van der Waals surface area contributed by atoms with Crippen LogP contribution in [0.2, 0.25) is 0 Å². The van der Waals surface area contributed by atoms with E-state index in [0.717, 1.165) is 18.7 Å². The van der Waals surface area contributed by atoms with Crippen LogP contribution in [0.4, 0.5) is 5.69 Å². The van der Waals surface area contributed by atoms with E-state index in [1.807, 2.05) is 20.8 Å². The van der Waals surface area contributed by atoms with Crippen molar-refractivity contribution in [3.05, 3.63) is 42.0 Å². The van der Waals surface area contributed by atoms with Crippen LogP contribution in [0.3, 0.4) is 0 Å². The molecule has 1 aromatic carbocycles. The van der Waals surface area contributed by atoms with E-state index in [-0.39, 0.29) is 18.0 Å². The van der Waals surface area contributed by atoms with Crippen molar-refractivity contribution < 1.29 is 4.79 Å². The molecule has 3 N–H and O–H groups in total. The minimum Gasteiger partial charge on any atom is -0.364 e. The Hall–Kier alpha value is -2.50. The van der Waals surface area contributed by atoms with E-state index in [1.165, 1.54) is 5.69 Å². The van der Waals surface area contributed by atoms with Crippen LogP contribution in [0.25, 0.3) is 0 Å². The van der Waals surface area contributed by atoms with E-state index in [4.69, 9.17) is 0 Å². The number of hydrogen-bond acceptors (Lipinski definition) is 3. The van der Waals surface area contributed by atoms with Crippen molar-refractivity contribution in [2.24, 2.45) is 4.99 Å². The first-order valence-electron chi connectivity index (χ1n) is 8.62. The highest BCUT2D eigenvalue weighted by molar-refractivity contribution is 5.86. The van der Waals surface area contributed by atoms with E-state index in [2.05, 4.69) is 62.3 Å². The molecule has 0 unspecified atom stereocenters. The van der Waals surface area contributed by atoms with Crippen LogP contribution in [0, 0.1) is 0 Å². The first kappa shape index (κ1) is 18.8. The molecule has 0 aromatic heterocycles. The molecule has 1 aliphatic heterocycles. The highest BCUT2D eigenvalue weighted by atomic mass is 16.2. The van der Waals surface area contributed by atoms with Crippen molar-refractivity contribution in [1.82, 2.24) is 16.0 Å². The van der Waals surface area contributed by atoms with E-state index < -0.39 is 0 Å². The zero-order valence-electron chi connectivity index (χ0n) is 15.6. The van der Waals surface area contributed by atoms with Crippen molar-refractivity contribution in [2.45, 2.75) is 32.9 Å². The molecule has 136 valence electrons. The summed E-state index contributed by atoms with van der Waals surface area (Å²) in [5.74, 6) is 0.552. The lowest BCUT2D eigenvalue weighted by atomic mass is 10.1. The summed E-state index contributed by atoms with van der Waals surface area (Å²) in [7, 11) is 1.69. The second kappa shape index (κ2) is 8.55. The summed E-state index contributed by atoms with van der Waals surface area (Å²) in [5.41, 5.74) is 2.16. The first-order chi connectivity index (χ1) is 11.9. The molecule has 0 spiro atoms. The third-order valence-electron chi connectivity index (χ3n) is 3.73. The average molecular weight is 343 g/mol. The fourth-order valence-corrected chi connectivity index (χ4v) is 2.55. The Labute approximate surface area is 150 Å². The summed E-state index contributed by atoms with van der Waals surface area (Å²) in [6, 6.07) is 8.49. The number of carbonyl (C=O) groups is 1. The minimum absolute atomic E-state index is 0.0565. The Balaban J connectivity index is 1.77. The number of anilines is 1. The van der Waals surface area contributed by atoms with Gasteiger partial charge in [0.1, 0.15) is 0 Å². The lowest BCUT2D eigenvalue weighted by molar-refractivity contribution is -0.121. The van der Waals surface area contributed by atoms with E-state index in [0.29, 0.717) is 12.5 Å². The van der Waals surface area contributed by atoms with Crippen LogP contribution in [-0.4, -0.2) is 44.1 Å². The summed E-state index contributed by atoms with van der Waals surface area (Å²) in [5, 5.41) is 9.17. The first-order valence-corrected chi connectivity index (χ1v) is 8.62. The Kier molecular flexibility index (Phi) is 6.44. The van der Waals surface area contributed by atoms with Crippen molar-refractivity contribution in [3.8, 4) is 0 Å². The predicted molar refractivity (Wildman–Crippen MR) is 104 cm³/mol. The van der Waals surface area contributed by atoms with Crippen LogP contribution < -0.4 is 20.9 Å². The van der Waals surface area contributed by atoms with Gasteiger partial charge in [0.2, 0.25) is 5.91 Å². The maximum atomic E-state index is 11.9. The van der Waals surface area contributed by atoms with Crippen LogP contribution in [0.15, 0.2) is 41.4 Å². The fraction of sp³-hybridized carbons (Fsp3) is 0.474. The molecule has 1 aliphatic rings. The van der Waals surface area contributed by atoms with Gasteiger partial charge in [0.05, 0.1) is 6.54 Å². The van der Waals surface area contributed by atoms with Crippen LogP contribution in [0.1, 0.15) is 26.3 Å². The summed E-state index contributed by atoms with van der Waals surface area (Å²) < 4.78 is 0. The van der Waals surface area contributed by atoms with E-state index in [1.54, 1.807) is 7.05 Å². The number of carbonyl (C=O) groups excluding carboxylic acids is 1. The zero-order valence-corrected chi connectivity index (χ0v) is 15.6. The lowest BCUT2D eigenvalue weighted by Gasteiger charge is -2.21. The van der Waals surface area contributed by atoms with Gasteiger partial charge >= 0.3 is 0 Å². The maximum absolute atomic E-state index is 11.9. The number of nitrogens with one attached hydrogen (secondary N) is 3. The van der Waals surface area contributed by atoms with E-state index >= 15 is 0 Å². The van der Waals surface area contributed by atoms with Gasteiger partial charge in [-0.3, -0.25) is 9.79 Å². The quantitative estimate of drug-likeness (QED) is 0.432. The third kappa shape index (κ3) is 6.49. The minimum atomic E-state index is -0.234. The molecular formula is C19H29N5O. The smallest absolute Gasteiger partial charge is 0.239 e. The lowest BCUT2D eigenvalue weighted by Crippen LogP contribution is -2.48. The molecular weight excluding hydrogens is 314 g/mol. The van der Waals surface area contributed by atoms with Crippen molar-refractivity contribution in [1.29, 1.82) is 0 Å². The van der Waals surface area contributed by atoms with Crippen molar-refractivity contribution >= 4 is 17.6 Å². The molecule has 1 heterocycles. The summed E-state index contributed by atoms with van der Waals surface area (Å²) in [4.78, 5) is 18.3. The Bertz CT molecular complexity index is 620. The van der Waals surface area contributed by atoms with E-state index in [9.17, 15) is 4.79 Å². The SMILES string of the molecule is CN=C(NCC(=O)NC(C)(C)C)NCc1ccc(N2CC=CC2)cc1. The van der Waals surface area contributed by atoms with Gasteiger partial charge < -0.3 is 20.9 Å². The molecule has 0 atom stereocenters. The van der Waals surface area contributed by atoms with Gasteiger partial charge in [-0.05, 0) is 38.5 Å². The number of amides is 1. The number of nitrogens with zero attached hydrogens (tertiary/aromatic N) is 2. The molecule has 0 fully saturated rings. The largest absolute Gasteiger partial charge is 0.364 e. The average Bonchev–Trinajstić information content (AvgIpc) is 3.08. The van der Waals surface area contributed by atoms with Gasteiger partial charge in [-0.15, -0.1) is 0 Å². The number of guanidine groups is 1. The molecule has 0 bridgehead atoms. The molecule has 0 saturated heterocycles. The second-order valence-electron chi connectivity index (χ2n) is 7.12. The summed E-state index contributed by atoms with van der Waals surface area (Å²) in [6.07, 6.45) is 4.36. The van der Waals surface area contributed by atoms with Crippen LogP contribution >= 0.6 is 0 Å². The molecule has 6 nitrogen and oxygen atoms in total. The highest BCUT2D eigenvalue weighted by Gasteiger charge is 2.13.